The van der Waals surface area contributed by atoms with Crippen LogP contribution in [0.1, 0.15) is 24.6 Å². The van der Waals surface area contributed by atoms with E-state index in [1.54, 1.807) is 19.2 Å². The minimum absolute atomic E-state index is 0.121. The number of halogens is 4. The number of aliphatic hydroxyl groups excluding tert-OH is 2. The summed E-state index contributed by atoms with van der Waals surface area (Å²) in [5.74, 6) is 0. The standard InChI is InChI=1S/C30H30ClF3N6O2S/c1-2-38-15-23(30(32,33)34)27(41)40(28(38)42)14-20-13-24-26(43-20)21(3-7-37-24)22-12-19(31)11-18-4-10-39(25(18)22)17-29(16-35)5-8-36-9-6-29/h3-4,7,10-13,15,27-28,36,41-42H,2,5-6,8-9,14,17H2,1H3. The van der Waals surface area contributed by atoms with Gasteiger partial charge in [0, 0.05) is 64.6 Å². The smallest absolute Gasteiger partial charge is 0.374 e. The predicted octanol–water partition coefficient (Wildman–Crippen LogP) is 5.64. The van der Waals surface area contributed by atoms with Gasteiger partial charge in [0.25, 0.3) is 0 Å². The van der Waals surface area contributed by atoms with Crippen molar-refractivity contribution in [2.24, 2.45) is 5.41 Å². The zero-order valence-corrected chi connectivity index (χ0v) is 24.8. The Bertz CT molecular complexity index is 1740. The van der Waals surface area contributed by atoms with Crippen molar-refractivity contribution in [1.29, 1.82) is 5.26 Å². The molecule has 1 fully saturated rings. The van der Waals surface area contributed by atoms with Gasteiger partial charge in [-0.3, -0.25) is 4.98 Å². The molecule has 43 heavy (non-hydrogen) atoms. The molecule has 2 aliphatic rings. The number of piperidine rings is 1. The minimum atomic E-state index is -4.76. The minimum Gasteiger partial charge on any atom is -0.374 e. The maximum absolute atomic E-state index is 13.7. The third-order valence-electron chi connectivity index (χ3n) is 8.37. The van der Waals surface area contributed by atoms with Crippen LogP contribution in [0.3, 0.4) is 0 Å². The third kappa shape index (κ3) is 5.50. The van der Waals surface area contributed by atoms with Gasteiger partial charge in [0.1, 0.15) is 6.23 Å². The maximum atomic E-state index is 13.7. The molecule has 0 aliphatic carbocycles. The van der Waals surface area contributed by atoms with Gasteiger partial charge in [0.05, 0.1) is 32.8 Å². The molecule has 0 radical (unpaired) electrons. The average Bonchev–Trinajstić information content (AvgIpc) is 3.58. The van der Waals surface area contributed by atoms with Crippen LogP contribution >= 0.6 is 22.9 Å². The van der Waals surface area contributed by atoms with Crippen molar-refractivity contribution >= 4 is 44.1 Å². The SMILES string of the molecule is CCN1C=C(C(F)(F)F)C(O)N(Cc2cc3nccc(-c4cc(Cl)cc5ccn(CC6(C#N)CCNCC6)c45)c3s2)C1O. The van der Waals surface area contributed by atoms with Crippen LogP contribution in [0.2, 0.25) is 5.02 Å². The molecular formula is C30H30ClF3N6O2S. The second-order valence-electron chi connectivity index (χ2n) is 11.1. The summed E-state index contributed by atoms with van der Waals surface area (Å²) < 4.78 is 44.0. The van der Waals surface area contributed by atoms with E-state index in [0.717, 1.165) is 68.7 Å². The summed E-state index contributed by atoms with van der Waals surface area (Å²) >= 11 is 7.92. The van der Waals surface area contributed by atoms with Crippen molar-refractivity contribution in [3.63, 3.8) is 0 Å². The molecule has 2 unspecified atom stereocenters. The fourth-order valence-electron chi connectivity index (χ4n) is 6.09. The molecule has 3 N–H and O–H groups in total. The topological polar surface area (TPSA) is 101 Å². The number of hydrogen-bond donors (Lipinski definition) is 3. The number of nitriles is 1. The Hall–Kier alpha value is -3.18. The van der Waals surface area contributed by atoms with Gasteiger partial charge < -0.3 is 25.0 Å². The van der Waals surface area contributed by atoms with Crippen LogP contribution < -0.4 is 5.32 Å². The number of fused-ring (bicyclic) bond motifs is 2. The first-order valence-corrected chi connectivity index (χ1v) is 15.2. The van der Waals surface area contributed by atoms with Crippen LogP contribution in [0.15, 0.2) is 54.5 Å². The maximum Gasteiger partial charge on any atom is 0.417 e. The summed E-state index contributed by atoms with van der Waals surface area (Å²) in [6.45, 7) is 3.71. The molecule has 1 aromatic carbocycles. The molecule has 4 aromatic rings. The first-order valence-electron chi connectivity index (χ1n) is 14.0. The molecule has 3 aromatic heterocycles. The summed E-state index contributed by atoms with van der Waals surface area (Å²) in [7, 11) is 0. The van der Waals surface area contributed by atoms with E-state index in [4.69, 9.17) is 11.6 Å². The normalized spacial score (nSPS) is 21.3. The number of rotatable bonds is 6. The lowest BCUT2D eigenvalue weighted by Crippen LogP contribution is -2.56. The molecule has 0 spiro atoms. The van der Waals surface area contributed by atoms with Crippen LogP contribution in [-0.4, -0.2) is 68.0 Å². The molecule has 226 valence electrons. The van der Waals surface area contributed by atoms with E-state index in [1.165, 1.54) is 11.3 Å². The molecular weight excluding hydrogens is 601 g/mol. The van der Waals surface area contributed by atoms with Crippen LogP contribution in [0.25, 0.3) is 32.2 Å². The molecule has 2 aliphatic heterocycles. The van der Waals surface area contributed by atoms with Gasteiger partial charge >= 0.3 is 6.18 Å². The van der Waals surface area contributed by atoms with Crippen LogP contribution in [0.5, 0.6) is 0 Å². The predicted molar refractivity (Wildman–Crippen MR) is 160 cm³/mol. The van der Waals surface area contributed by atoms with E-state index < -0.39 is 29.7 Å². The Kier molecular flexibility index (Phi) is 7.91. The van der Waals surface area contributed by atoms with Crippen molar-refractivity contribution < 1.29 is 23.4 Å². The number of thiophene rings is 1. The molecule has 0 amide bonds. The first kappa shape index (κ1) is 29.9. The number of aromatic nitrogens is 2. The summed E-state index contributed by atoms with van der Waals surface area (Å²) in [5, 5.41) is 36.4. The van der Waals surface area contributed by atoms with Crippen LogP contribution in [0.4, 0.5) is 13.2 Å². The molecule has 0 bridgehead atoms. The summed E-state index contributed by atoms with van der Waals surface area (Å²) in [4.78, 5) is 7.29. The van der Waals surface area contributed by atoms with Crippen molar-refractivity contribution in [3.05, 3.63) is 64.4 Å². The summed E-state index contributed by atoms with van der Waals surface area (Å²) in [6, 6.07) is 12.0. The van der Waals surface area contributed by atoms with Gasteiger partial charge in [-0.15, -0.1) is 11.3 Å². The Morgan fingerprint density at radius 1 is 1.19 bits per heavy atom. The lowest BCUT2D eigenvalue weighted by Gasteiger charge is -2.43. The van der Waals surface area contributed by atoms with E-state index in [2.05, 4.69) is 20.9 Å². The Morgan fingerprint density at radius 2 is 1.95 bits per heavy atom. The van der Waals surface area contributed by atoms with Gasteiger partial charge in [0.15, 0.2) is 6.35 Å². The Morgan fingerprint density at radius 3 is 2.65 bits per heavy atom. The van der Waals surface area contributed by atoms with Crippen LogP contribution in [-0.2, 0) is 13.1 Å². The molecule has 0 saturated carbocycles. The number of pyridine rings is 1. The van der Waals surface area contributed by atoms with Gasteiger partial charge in [-0.2, -0.15) is 18.4 Å². The van der Waals surface area contributed by atoms with Crippen molar-refractivity contribution in [2.45, 2.75) is 51.6 Å². The summed E-state index contributed by atoms with van der Waals surface area (Å²) in [5.41, 5.74) is 1.63. The lowest BCUT2D eigenvalue weighted by atomic mass is 9.80. The Labute approximate surface area is 255 Å². The monoisotopic (exact) mass is 630 g/mol. The van der Waals surface area contributed by atoms with E-state index in [-0.39, 0.29) is 13.1 Å². The number of nitrogens with zero attached hydrogens (tertiary/aromatic N) is 5. The number of hydrogen-bond acceptors (Lipinski definition) is 8. The highest BCUT2D eigenvalue weighted by Crippen LogP contribution is 2.42. The summed E-state index contributed by atoms with van der Waals surface area (Å²) in [6.07, 6.45) is -2.32. The molecule has 8 nitrogen and oxygen atoms in total. The molecule has 2 atom stereocenters. The fraction of sp³-hybridized carbons (Fsp3) is 0.400. The van der Waals surface area contributed by atoms with Gasteiger partial charge in [-0.05, 0) is 63.2 Å². The van der Waals surface area contributed by atoms with Crippen molar-refractivity contribution in [2.75, 3.05) is 19.6 Å². The molecule has 5 heterocycles. The second kappa shape index (κ2) is 11.4. The highest BCUT2D eigenvalue weighted by Gasteiger charge is 2.46. The number of aliphatic hydroxyl groups is 2. The van der Waals surface area contributed by atoms with E-state index in [9.17, 15) is 28.6 Å². The largest absolute Gasteiger partial charge is 0.417 e. The van der Waals surface area contributed by atoms with E-state index in [1.807, 2.05) is 30.5 Å². The van der Waals surface area contributed by atoms with Crippen LogP contribution in [0, 0.1) is 16.7 Å². The van der Waals surface area contributed by atoms with E-state index in [0.29, 0.717) is 22.0 Å². The second-order valence-corrected chi connectivity index (χ2v) is 12.6. The highest BCUT2D eigenvalue weighted by molar-refractivity contribution is 7.19. The number of nitrogens with one attached hydrogen (secondary N) is 1. The third-order valence-corrected chi connectivity index (χ3v) is 9.73. The van der Waals surface area contributed by atoms with Gasteiger partial charge in [-0.25, -0.2) is 4.90 Å². The number of benzene rings is 1. The molecule has 1 saturated heterocycles. The fourth-order valence-corrected chi connectivity index (χ4v) is 7.47. The quantitative estimate of drug-likeness (QED) is 0.253. The van der Waals surface area contributed by atoms with Crippen molar-refractivity contribution in [3.8, 4) is 17.2 Å². The Balaban J connectivity index is 1.40. The van der Waals surface area contributed by atoms with Crippen molar-refractivity contribution in [1.82, 2.24) is 24.7 Å². The average molecular weight is 631 g/mol. The van der Waals surface area contributed by atoms with Gasteiger partial charge in [0.2, 0.25) is 0 Å². The van der Waals surface area contributed by atoms with Gasteiger partial charge in [-0.1, -0.05) is 11.6 Å². The lowest BCUT2D eigenvalue weighted by molar-refractivity contribution is -0.193. The zero-order valence-electron chi connectivity index (χ0n) is 23.3. The van der Waals surface area contributed by atoms with E-state index >= 15 is 0 Å². The molecule has 6 rings (SSSR count). The molecule has 13 heteroatoms. The first-order chi connectivity index (χ1) is 20.5. The zero-order chi connectivity index (χ0) is 30.5. The highest BCUT2D eigenvalue weighted by atomic mass is 35.5. The number of alkyl halides is 3.